The Morgan fingerprint density at radius 1 is 1.45 bits per heavy atom. The van der Waals surface area contributed by atoms with E-state index >= 15 is 0 Å². The molecule has 0 saturated heterocycles. The molecule has 0 spiro atoms. The van der Waals surface area contributed by atoms with Crippen LogP contribution in [0.4, 0.5) is 5.82 Å². The Morgan fingerprint density at radius 2 is 2.27 bits per heavy atom. The Morgan fingerprint density at radius 3 is 3.00 bits per heavy atom. The summed E-state index contributed by atoms with van der Waals surface area (Å²) < 4.78 is 5.03. The highest BCUT2D eigenvalue weighted by atomic mass is 35.5. The number of nitrogens with zero attached hydrogens (tertiary/aromatic N) is 1. The molecule has 2 N–H and O–H groups in total. The number of halogens is 1. The van der Waals surface area contributed by atoms with Gasteiger partial charge in [0.25, 0.3) is 0 Å². The summed E-state index contributed by atoms with van der Waals surface area (Å²) in [6, 6.07) is 5.66. The highest BCUT2D eigenvalue weighted by Gasteiger charge is 2.04. The molecule has 0 radical (unpaired) electrons. The van der Waals surface area contributed by atoms with Crippen LogP contribution < -0.4 is 5.73 Å². The third kappa shape index (κ3) is 0.968. The number of anilines is 1. The van der Waals surface area contributed by atoms with E-state index in [0.29, 0.717) is 10.8 Å². The summed E-state index contributed by atoms with van der Waals surface area (Å²) >= 11 is 7.26. The van der Waals surface area contributed by atoms with Gasteiger partial charge < -0.3 is 5.73 Å². The number of fused-ring (bicyclic) bond motifs is 1. The van der Waals surface area contributed by atoms with E-state index in [9.17, 15) is 0 Å². The molecule has 0 unspecified atom stereocenters. The molecule has 0 amide bonds. The number of nitrogens with two attached hydrogens (primary N) is 1. The van der Waals surface area contributed by atoms with Crippen LogP contribution in [0.1, 0.15) is 0 Å². The summed E-state index contributed by atoms with van der Waals surface area (Å²) in [5.41, 5.74) is 5.59. The molecule has 0 fully saturated rings. The Bertz CT molecular complexity index is 396. The SMILES string of the molecule is Nc1nsc2cccc(Cl)c12. The summed E-state index contributed by atoms with van der Waals surface area (Å²) in [5.74, 6) is 0.524. The van der Waals surface area contributed by atoms with Gasteiger partial charge in [0.05, 0.1) is 15.1 Å². The van der Waals surface area contributed by atoms with Gasteiger partial charge in [-0.2, -0.15) is 4.37 Å². The Hall–Kier alpha value is -0.800. The molecule has 1 aromatic heterocycles. The predicted octanol–water partition coefficient (Wildman–Crippen LogP) is 2.53. The quantitative estimate of drug-likeness (QED) is 0.684. The maximum atomic E-state index is 5.89. The van der Waals surface area contributed by atoms with Gasteiger partial charge in [-0.25, -0.2) is 0 Å². The van der Waals surface area contributed by atoms with Crippen molar-refractivity contribution in [2.24, 2.45) is 0 Å². The van der Waals surface area contributed by atoms with E-state index < -0.39 is 0 Å². The third-order valence-corrected chi connectivity index (χ3v) is 2.61. The van der Waals surface area contributed by atoms with Crippen LogP contribution in [0.2, 0.25) is 5.02 Å². The molecule has 0 saturated carbocycles. The van der Waals surface area contributed by atoms with Crippen molar-refractivity contribution in [2.45, 2.75) is 0 Å². The van der Waals surface area contributed by atoms with Gasteiger partial charge in [0, 0.05) is 0 Å². The first-order chi connectivity index (χ1) is 5.29. The Balaban J connectivity index is 2.96. The van der Waals surface area contributed by atoms with Crippen LogP contribution in [0.25, 0.3) is 10.1 Å². The molecule has 0 aliphatic heterocycles. The van der Waals surface area contributed by atoms with Crippen molar-refractivity contribution in [1.82, 2.24) is 4.37 Å². The normalized spacial score (nSPS) is 10.6. The van der Waals surface area contributed by atoms with E-state index in [1.165, 1.54) is 11.5 Å². The van der Waals surface area contributed by atoms with Gasteiger partial charge in [0.2, 0.25) is 0 Å². The molecule has 0 aliphatic rings. The van der Waals surface area contributed by atoms with E-state index in [0.717, 1.165) is 10.1 Å². The minimum absolute atomic E-state index is 0.524. The first-order valence-electron chi connectivity index (χ1n) is 3.08. The van der Waals surface area contributed by atoms with E-state index in [1.807, 2.05) is 18.2 Å². The van der Waals surface area contributed by atoms with Crippen molar-refractivity contribution in [3.63, 3.8) is 0 Å². The first-order valence-corrected chi connectivity index (χ1v) is 4.23. The lowest BCUT2D eigenvalue weighted by atomic mass is 10.3. The molecular weight excluding hydrogens is 180 g/mol. The Labute approximate surface area is 72.8 Å². The minimum atomic E-state index is 0.524. The number of aromatic nitrogens is 1. The molecule has 0 atom stereocenters. The molecule has 56 valence electrons. The van der Waals surface area contributed by atoms with E-state index in [1.54, 1.807) is 0 Å². The summed E-state index contributed by atoms with van der Waals surface area (Å²) in [6.45, 7) is 0. The fraction of sp³-hybridized carbons (Fsp3) is 0. The van der Waals surface area contributed by atoms with Crippen molar-refractivity contribution in [3.8, 4) is 0 Å². The molecule has 1 aromatic carbocycles. The van der Waals surface area contributed by atoms with Gasteiger partial charge in [0.15, 0.2) is 0 Å². The second-order valence-electron chi connectivity index (χ2n) is 2.18. The zero-order valence-electron chi connectivity index (χ0n) is 5.54. The van der Waals surface area contributed by atoms with Crippen molar-refractivity contribution in [3.05, 3.63) is 23.2 Å². The van der Waals surface area contributed by atoms with Gasteiger partial charge in [-0.1, -0.05) is 17.7 Å². The van der Waals surface area contributed by atoms with Crippen LogP contribution >= 0.6 is 23.1 Å². The number of benzene rings is 1. The van der Waals surface area contributed by atoms with E-state index in [-0.39, 0.29) is 0 Å². The molecule has 11 heavy (non-hydrogen) atoms. The molecule has 1 heterocycles. The zero-order chi connectivity index (χ0) is 7.84. The standard InChI is InChI=1S/C7H5ClN2S/c8-4-2-1-3-5-6(4)7(9)10-11-5/h1-3H,(H2,9,10). The van der Waals surface area contributed by atoms with Gasteiger partial charge in [-0.3, -0.25) is 0 Å². The van der Waals surface area contributed by atoms with Crippen LogP contribution in [-0.2, 0) is 0 Å². The number of rotatable bonds is 0. The monoisotopic (exact) mass is 184 g/mol. The molecule has 4 heteroatoms. The lowest BCUT2D eigenvalue weighted by Crippen LogP contribution is -1.83. The van der Waals surface area contributed by atoms with Gasteiger partial charge >= 0.3 is 0 Å². The highest BCUT2D eigenvalue weighted by Crippen LogP contribution is 2.30. The average Bonchev–Trinajstić information content (AvgIpc) is 2.34. The largest absolute Gasteiger partial charge is 0.382 e. The smallest absolute Gasteiger partial charge is 0.146 e. The fourth-order valence-corrected chi connectivity index (χ4v) is 2.03. The molecule has 0 aliphatic carbocycles. The van der Waals surface area contributed by atoms with E-state index in [4.69, 9.17) is 17.3 Å². The Kier molecular flexibility index (Phi) is 1.47. The van der Waals surface area contributed by atoms with Crippen LogP contribution in [0, 0.1) is 0 Å². The zero-order valence-corrected chi connectivity index (χ0v) is 7.12. The molecular formula is C7H5ClN2S. The maximum absolute atomic E-state index is 5.89. The maximum Gasteiger partial charge on any atom is 0.146 e. The summed E-state index contributed by atoms with van der Waals surface area (Å²) in [5, 5.41) is 1.55. The number of hydrogen-bond acceptors (Lipinski definition) is 3. The van der Waals surface area contributed by atoms with E-state index in [2.05, 4.69) is 4.37 Å². The minimum Gasteiger partial charge on any atom is -0.382 e. The first kappa shape index (κ1) is 6.88. The van der Waals surface area contributed by atoms with Crippen molar-refractivity contribution >= 4 is 39.0 Å². The van der Waals surface area contributed by atoms with Gasteiger partial charge in [-0.15, -0.1) is 0 Å². The second kappa shape index (κ2) is 2.36. The lowest BCUT2D eigenvalue weighted by Gasteiger charge is -1.91. The topological polar surface area (TPSA) is 38.9 Å². The number of hydrogen-bond donors (Lipinski definition) is 1. The van der Waals surface area contributed by atoms with Crippen molar-refractivity contribution in [2.75, 3.05) is 5.73 Å². The van der Waals surface area contributed by atoms with Crippen molar-refractivity contribution in [1.29, 1.82) is 0 Å². The van der Waals surface area contributed by atoms with Crippen LogP contribution in [0.15, 0.2) is 18.2 Å². The molecule has 2 nitrogen and oxygen atoms in total. The van der Waals surface area contributed by atoms with Crippen LogP contribution in [0.3, 0.4) is 0 Å². The fourth-order valence-electron chi connectivity index (χ4n) is 0.973. The molecule has 0 bridgehead atoms. The lowest BCUT2D eigenvalue weighted by molar-refractivity contribution is 1.59. The average molecular weight is 185 g/mol. The molecule has 2 rings (SSSR count). The second-order valence-corrected chi connectivity index (χ2v) is 3.39. The predicted molar refractivity (Wildman–Crippen MR) is 49.0 cm³/mol. The van der Waals surface area contributed by atoms with Crippen molar-refractivity contribution < 1.29 is 0 Å². The van der Waals surface area contributed by atoms with Crippen LogP contribution in [-0.4, -0.2) is 4.37 Å². The molecule has 2 aromatic rings. The summed E-state index contributed by atoms with van der Waals surface area (Å²) in [7, 11) is 0. The van der Waals surface area contributed by atoms with Crippen LogP contribution in [0.5, 0.6) is 0 Å². The van der Waals surface area contributed by atoms with Gasteiger partial charge in [0.1, 0.15) is 5.82 Å². The summed E-state index contributed by atoms with van der Waals surface area (Å²) in [4.78, 5) is 0. The summed E-state index contributed by atoms with van der Waals surface area (Å²) in [6.07, 6.45) is 0. The highest BCUT2D eigenvalue weighted by molar-refractivity contribution is 7.13. The number of nitrogen functional groups attached to an aromatic ring is 1. The van der Waals surface area contributed by atoms with Gasteiger partial charge in [-0.05, 0) is 23.7 Å². The third-order valence-electron chi connectivity index (χ3n) is 1.47.